The van der Waals surface area contributed by atoms with E-state index in [4.69, 9.17) is 0 Å². The maximum absolute atomic E-state index is 10.6. The molecule has 1 aliphatic rings. The monoisotopic (exact) mass is 286 g/mol. The van der Waals surface area contributed by atoms with Crippen molar-refractivity contribution in [1.82, 2.24) is 10.3 Å². The third-order valence-corrected chi connectivity index (χ3v) is 3.02. The molecule has 2 heterocycles. The third-order valence-electron chi connectivity index (χ3n) is 2.43. The molecular weight excluding hydrogens is 276 g/mol. The largest absolute Gasteiger partial charge is 0.353 e. The Kier molecular flexibility index (Phi) is 3.35. The molecule has 86 valence electrons. The van der Waals surface area contributed by atoms with Crippen LogP contribution in [0.4, 0.5) is 11.5 Å². The zero-order chi connectivity index (χ0) is 11.5. The molecule has 0 unspecified atom stereocenters. The number of halogens is 1. The summed E-state index contributed by atoms with van der Waals surface area (Å²) in [7, 11) is 0. The van der Waals surface area contributed by atoms with Crippen LogP contribution in [0.5, 0.6) is 0 Å². The highest BCUT2D eigenvalue weighted by Crippen LogP contribution is 2.27. The molecule has 0 aromatic carbocycles. The van der Waals surface area contributed by atoms with Crippen LogP contribution in [0.15, 0.2) is 16.7 Å². The molecule has 1 N–H and O–H groups in total. The summed E-state index contributed by atoms with van der Waals surface area (Å²) >= 11 is 3.32. The number of hydrogen-bond donors (Lipinski definition) is 1. The molecule has 0 spiro atoms. The molecule has 0 radical (unpaired) electrons. The maximum Gasteiger partial charge on any atom is 0.288 e. The van der Waals surface area contributed by atoms with Crippen molar-refractivity contribution in [3.63, 3.8) is 0 Å². The van der Waals surface area contributed by atoms with Crippen LogP contribution in [-0.4, -0.2) is 36.1 Å². The summed E-state index contributed by atoms with van der Waals surface area (Å²) in [6, 6.07) is 1.49. The highest BCUT2D eigenvalue weighted by Gasteiger charge is 2.17. The Labute approximate surface area is 101 Å². The first-order valence-corrected chi connectivity index (χ1v) is 5.73. The number of nitrogens with one attached hydrogen (secondary N) is 1. The zero-order valence-electron chi connectivity index (χ0n) is 8.52. The van der Waals surface area contributed by atoms with Gasteiger partial charge in [-0.2, -0.15) is 0 Å². The van der Waals surface area contributed by atoms with Crippen molar-refractivity contribution in [2.75, 3.05) is 31.1 Å². The first-order chi connectivity index (χ1) is 7.68. The van der Waals surface area contributed by atoms with Gasteiger partial charge in [0, 0.05) is 32.2 Å². The van der Waals surface area contributed by atoms with E-state index in [9.17, 15) is 10.1 Å². The summed E-state index contributed by atoms with van der Waals surface area (Å²) in [5.41, 5.74) is 0.00533. The highest BCUT2D eigenvalue weighted by atomic mass is 79.9. The quantitative estimate of drug-likeness (QED) is 0.653. The van der Waals surface area contributed by atoms with Gasteiger partial charge in [-0.3, -0.25) is 10.1 Å². The van der Waals surface area contributed by atoms with Gasteiger partial charge in [-0.05, 0) is 15.9 Å². The molecule has 1 aliphatic heterocycles. The van der Waals surface area contributed by atoms with Gasteiger partial charge in [0.05, 0.1) is 9.40 Å². The van der Waals surface area contributed by atoms with Gasteiger partial charge in [0.1, 0.15) is 12.0 Å². The van der Waals surface area contributed by atoms with Crippen molar-refractivity contribution >= 4 is 27.4 Å². The predicted octanol–water partition coefficient (Wildman–Crippen LogP) is 1.16. The molecule has 1 aromatic heterocycles. The molecule has 1 saturated heterocycles. The zero-order valence-corrected chi connectivity index (χ0v) is 10.1. The Morgan fingerprint density at radius 3 is 2.75 bits per heavy atom. The standard InChI is InChI=1S/C9H11BrN4O2/c10-8-5-7(14(15)16)6-12-9(8)13-3-1-11-2-4-13/h5-6,11H,1-4H2. The maximum atomic E-state index is 10.6. The second-order valence-corrected chi connectivity index (χ2v) is 4.35. The fourth-order valence-corrected chi connectivity index (χ4v) is 2.22. The van der Waals surface area contributed by atoms with Crippen molar-refractivity contribution in [3.8, 4) is 0 Å². The Morgan fingerprint density at radius 1 is 1.50 bits per heavy atom. The lowest BCUT2D eigenvalue weighted by atomic mass is 10.3. The Balaban J connectivity index is 2.24. The number of rotatable bonds is 2. The van der Waals surface area contributed by atoms with E-state index in [2.05, 4.69) is 31.1 Å². The minimum Gasteiger partial charge on any atom is -0.353 e. The molecule has 0 aliphatic carbocycles. The molecule has 1 aromatic rings. The van der Waals surface area contributed by atoms with E-state index in [0.717, 1.165) is 32.0 Å². The van der Waals surface area contributed by atoms with Crippen molar-refractivity contribution in [3.05, 3.63) is 26.9 Å². The van der Waals surface area contributed by atoms with Crippen LogP contribution in [0.1, 0.15) is 0 Å². The molecule has 0 atom stereocenters. The predicted molar refractivity (Wildman–Crippen MR) is 63.7 cm³/mol. The first-order valence-electron chi connectivity index (χ1n) is 4.94. The fraction of sp³-hybridized carbons (Fsp3) is 0.444. The van der Waals surface area contributed by atoms with Crippen LogP contribution in [-0.2, 0) is 0 Å². The number of anilines is 1. The van der Waals surface area contributed by atoms with Gasteiger partial charge in [-0.25, -0.2) is 4.98 Å². The summed E-state index contributed by atoms with van der Waals surface area (Å²) in [6.07, 6.45) is 1.29. The number of pyridine rings is 1. The van der Waals surface area contributed by atoms with Crippen LogP contribution in [0.3, 0.4) is 0 Å². The van der Waals surface area contributed by atoms with E-state index in [1.807, 2.05) is 0 Å². The number of aromatic nitrogens is 1. The number of piperazine rings is 1. The van der Waals surface area contributed by atoms with Gasteiger partial charge in [0.25, 0.3) is 5.69 Å². The smallest absolute Gasteiger partial charge is 0.288 e. The Bertz CT molecular complexity index is 406. The highest BCUT2D eigenvalue weighted by molar-refractivity contribution is 9.10. The first kappa shape index (κ1) is 11.3. The molecule has 16 heavy (non-hydrogen) atoms. The van der Waals surface area contributed by atoms with E-state index < -0.39 is 4.92 Å². The van der Waals surface area contributed by atoms with Gasteiger partial charge >= 0.3 is 0 Å². The average Bonchev–Trinajstić information content (AvgIpc) is 2.30. The number of nitrogens with zero attached hydrogens (tertiary/aromatic N) is 3. The normalized spacial score (nSPS) is 16.2. The topological polar surface area (TPSA) is 71.3 Å². The number of nitro groups is 1. The van der Waals surface area contributed by atoms with E-state index in [1.54, 1.807) is 0 Å². The minimum atomic E-state index is -0.445. The van der Waals surface area contributed by atoms with Crippen LogP contribution < -0.4 is 10.2 Å². The lowest BCUT2D eigenvalue weighted by Crippen LogP contribution is -2.44. The summed E-state index contributed by atoms with van der Waals surface area (Å²) in [4.78, 5) is 16.4. The molecule has 1 fully saturated rings. The minimum absolute atomic E-state index is 0.00533. The van der Waals surface area contributed by atoms with Gasteiger partial charge in [0.15, 0.2) is 0 Å². The van der Waals surface area contributed by atoms with Gasteiger partial charge in [-0.1, -0.05) is 0 Å². The molecule has 7 heteroatoms. The Morgan fingerprint density at radius 2 is 2.19 bits per heavy atom. The lowest BCUT2D eigenvalue weighted by molar-refractivity contribution is -0.385. The SMILES string of the molecule is O=[N+]([O-])c1cnc(N2CCNCC2)c(Br)c1. The summed E-state index contributed by atoms with van der Waals surface area (Å²) in [6.45, 7) is 3.54. The molecular formula is C9H11BrN4O2. The molecule has 0 saturated carbocycles. The molecule has 0 bridgehead atoms. The van der Waals surface area contributed by atoms with E-state index in [0.29, 0.717) is 4.47 Å². The van der Waals surface area contributed by atoms with Crippen LogP contribution in [0.25, 0.3) is 0 Å². The van der Waals surface area contributed by atoms with Crippen molar-refractivity contribution in [2.45, 2.75) is 0 Å². The molecule has 6 nitrogen and oxygen atoms in total. The fourth-order valence-electron chi connectivity index (χ4n) is 1.63. The summed E-state index contributed by atoms with van der Waals surface area (Å²) in [5, 5.41) is 13.8. The van der Waals surface area contributed by atoms with Crippen LogP contribution >= 0.6 is 15.9 Å². The van der Waals surface area contributed by atoms with Crippen molar-refractivity contribution in [1.29, 1.82) is 0 Å². The summed E-state index contributed by atoms with van der Waals surface area (Å²) in [5.74, 6) is 0.770. The van der Waals surface area contributed by atoms with Crippen LogP contribution in [0.2, 0.25) is 0 Å². The van der Waals surface area contributed by atoms with E-state index in [-0.39, 0.29) is 5.69 Å². The molecule has 2 rings (SSSR count). The van der Waals surface area contributed by atoms with E-state index in [1.165, 1.54) is 12.3 Å². The third kappa shape index (κ3) is 2.30. The lowest BCUT2D eigenvalue weighted by Gasteiger charge is -2.28. The Hall–Kier alpha value is -1.21. The van der Waals surface area contributed by atoms with Crippen LogP contribution in [0, 0.1) is 10.1 Å². The second kappa shape index (κ2) is 4.75. The van der Waals surface area contributed by atoms with Crippen molar-refractivity contribution < 1.29 is 4.92 Å². The van der Waals surface area contributed by atoms with Gasteiger partial charge in [-0.15, -0.1) is 0 Å². The average molecular weight is 287 g/mol. The van der Waals surface area contributed by atoms with Gasteiger partial charge < -0.3 is 10.2 Å². The van der Waals surface area contributed by atoms with E-state index >= 15 is 0 Å². The summed E-state index contributed by atoms with van der Waals surface area (Å²) < 4.78 is 0.670. The van der Waals surface area contributed by atoms with Crippen molar-refractivity contribution in [2.24, 2.45) is 0 Å². The molecule has 0 amide bonds. The van der Waals surface area contributed by atoms with Gasteiger partial charge in [0.2, 0.25) is 0 Å². The number of hydrogen-bond acceptors (Lipinski definition) is 5. The second-order valence-electron chi connectivity index (χ2n) is 3.49.